The van der Waals surface area contributed by atoms with E-state index in [1.54, 1.807) is 18.3 Å². The lowest BCUT2D eigenvalue weighted by atomic mass is 10.2. The van der Waals surface area contributed by atoms with Gasteiger partial charge in [-0.25, -0.2) is 9.97 Å². The van der Waals surface area contributed by atoms with Crippen LogP contribution >= 0.6 is 34.8 Å². The second-order valence-electron chi connectivity index (χ2n) is 3.88. The highest BCUT2D eigenvalue weighted by molar-refractivity contribution is 6.35. The fourth-order valence-corrected chi connectivity index (χ4v) is 1.98. The summed E-state index contributed by atoms with van der Waals surface area (Å²) in [4.78, 5) is 7.99. The average Bonchev–Trinajstić information content (AvgIpc) is 2.30. The summed E-state index contributed by atoms with van der Waals surface area (Å²) in [6.45, 7) is 3.77. The Morgan fingerprint density at radius 1 is 1.00 bits per heavy atom. The smallest absolute Gasteiger partial charge is 0.224 e. The predicted molar refractivity (Wildman–Crippen MR) is 76.3 cm³/mol. The average molecular weight is 303 g/mol. The van der Waals surface area contributed by atoms with Crippen LogP contribution in [0.4, 0.5) is 11.5 Å². The van der Waals surface area contributed by atoms with Crippen molar-refractivity contribution in [2.75, 3.05) is 5.32 Å². The predicted octanol–water partition coefficient (Wildman–Crippen LogP) is 4.80. The van der Waals surface area contributed by atoms with Gasteiger partial charge < -0.3 is 5.32 Å². The zero-order valence-corrected chi connectivity index (χ0v) is 12.0. The largest absolute Gasteiger partial charge is 0.339 e. The zero-order chi connectivity index (χ0) is 13.3. The van der Waals surface area contributed by atoms with Gasteiger partial charge in [0.25, 0.3) is 0 Å². The van der Waals surface area contributed by atoms with Crippen LogP contribution in [0.5, 0.6) is 0 Å². The van der Waals surface area contributed by atoms with E-state index in [-0.39, 0.29) is 5.28 Å². The molecule has 0 atom stereocenters. The molecule has 0 radical (unpaired) electrons. The fraction of sp³-hybridized carbons (Fsp3) is 0.167. The normalized spacial score (nSPS) is 10.5. The fourth-order valence-electron chi connectivity index (χ4n) is 1.42. The van der Waals surface area contributed by atoms with E-state index in [4.69, 9.17) is 34.8 Å². The molecule has 0 bridgehead atoms. The van der Waals surface area contributed by atoms with E-state index >= 15 is 0 Å². The van der Waals surface area contributed by atoms with Gasteiger partial charge in [0.05, 0.1) is 10.7 Å². The van der Waals surface area contributed by atoms with Crippen LogP contribution < -0.4 is 5.32 Å². The Morgan fingerprint density at radius 2 is 1.72 bits per heavy atom. The molecule has 0 saturated carbocycles. The van der Waals surface area contributed by atoms with E-state index in [1.807, 2.05) is 13.8 Å². The number of benzene rings is 1. The summed E-state index contributed by atoms with van der Waals surface area (Å²) in [7, 11) is 0. The van der Waals surface area contributed by atoms with Gasteiger partial charge in [0.15, 0.2) is 0 Å². The number of aromatic nitrogens is 2. The Labute approximate surface area is 120 Å². The molecule has 18 heavy (non-hydrogen) atoms. The molecule has 1 aromatic carbocycles. The van der Waals surface area contributed by atoms with Crippen molar-refractivity contribution in [1.82, 2.24) is 9.97 Å². The standard InChI is InChI=1S/C12H10Cl3N3/c1-6-3-9(14)10(4-8(6)13)17-11-7(2)5-16-12(15)18-11/h3-5H,1-2H3,(H,16,17,18). The van der Waals surface area contributed by atoms with E-state index in [0.29, 0.717) is 21.6 Å². The van der Waals surface area contributed by atoms with Crippen LogP contribution in [0.25, 0.3) is 0 Å². The molecular formula is C12H10Cl3N3. The third kappa shape index (κ3) is 2.86. The molecule has 2 rings (SSSR count). The van der Waals surface area contributed by atoms with Gasteiger partial charge in [0, 0.05) is 16.8 Å². The molecule has 3 nitrogen and oxygen atoms in total. The van der Waals surface area contributed by atoms with Crippen LogP contribution in [0.1, 0.15) is 11.1 Å². The Morgan fingerprint density at radius 3 is 2.44 bits per heavy atom. The minimum atomic E-state index is 0.178. The first-order valence-corrected chi connectivity index (χ1v) is 6.32. The summed E-state index contributed by atoms with van der Waals surface area (Å²) in [6, 6.07) is 3.55. The second kappa shape index (κ2) is 5.31. The molecule has 0 unspecified atom stereocenters. The van der Waals surface area contributed by atoms with Crippen molar-refractivity contribution in [3.8, 4) is 0 Å². The van der Waals surface area contributed by atoms with Gasteiger partial charge in [-0.1, -0.05) is 23.2 Å². The lowest BCUT2D eigenvalue weighted by molar-refractivity contribution is 1.13. The summed E-state index contributed by atoms with van der Waals surface area (Å²) < 4.78 is 0. The SMILES string of the molecule is Cc1cc(Cl)c(Nc2nc(Cl)ncc2C)cc1Cl. The van der Waals surface area contributed by atoms with E-state index in [0.717, 1.165) is 11.1 Å². The summed E-state index contributed by atoms with van der Waals surface area (Å²) >= 11 is 18.0. The maximum atomic E-state index is 6.15. The summed E-state index contributed by atoms with van der Waals surface area (Å²) in [5, 5.41) is 4.49. The molecule has 94 valence electrons. The number of rotatable bonds is 2. The van der Waals surface area contributed by atoms with Gasteiger partial charge in [0.1, 0.15) is 5.82 Å². The van der Waals surface area contributed by atoms with Crippen LogP contribution in [-0.4, -0.2) is 9.97 Å². The molecule has 0 saturated heterocycles. The highest BCUT2D eigenvalue weighted by Gasteiger charge is 2.08. The van der Waals surface area contributed by atoms with Crippen molar-refractivity contribution in [2.24, 2.45) is 0 Å². The maximum absolute atomic E-state index is 6.15. The van der Waals surface area contributed by atoms with Crippen LogP contribution in [-0.2, 0) is 0 Å². The van der Waals surface area contributed by atoms with Crippen molar-refractivity contribution >= 4 is 46.3 Å². The van der Waals surface area contributed by atoms with Crippen LogP contribution in [0, 0.1) is 13.8 Å². The van der Waals surface area contributed by atoms with Gasteiger partial charge >= 0.3 is 0 Å². The second-order valence-corrected chi connectivity index (χ2v) is 5.03. The Balaban J connectivity index is 2.40. The molecule has 2 aromatic rings. The van der Waals surface area contributed by atoms with E-state index < -0.39 is 0 Å². The number of halogens is 3. The van der Waals surface area contributed by atoms with Crippen molar-refractivity contribution < 1.29 is 0 Å². The van der Waals surface area contributed by atoms with Crippen molar-refractivity contribution in [2.45, 2.75) is 13.8 Å². The van der Waals surface area contributed by atoms with Crippen LogP contribution in [0.15, 0.2) is 18.3 Å². The quantitative estimate of drug-likeness (QED) is 0.810. The van der Waals surface area contributed by atoms with Gasteiger partial charge in [-0.05, 0) is 43.1 Å². The van der Waals surface area contributed by atoms with Crippen molar-refractivity contribution in [1.29, 1.82) is 0 Å². The molecular weight excluding hydrogens is 293 g/mol. The number of aryl methyl sites for hydroxylation is 2. The lowest BCUT2D eigenvalue weighted by Crippen LogP contribution is -1.99. The topological polar surface area (TPSA) is 37.8 Å². The maximum Gasteiger partial charge on any atom is 0.224 e. The summed E-state index contributed by atoms with van der Waals surface area (Å²) in [5.74, 6) is 0.608. The first kappa shape index (κ1) is 13.4. The van der Waals surface area contributed by atoms with Gasteiger partial charge in [0.2, 0.25) is 5.28 Å². The Kier molecular flexibility index (Phi) is 3.95. The molecule has 1 aromatic heterocycles. The minimum Gasteiger partial charge on any atom is -0.339 e. The van der Waals surface area contributed by atoms with Crippen LogP contribution in [0.2, 0.25) is 15.3 Å². The molecule has 1 heterocycles. The van der Waals surface area contributed by atoms with Crippen molar-refractivity contribution in [3.05, 3.63) is 44.8 Å². The molecule has 0 aliphatic carbocycles. The van der Waals surface area contributed by atoms with E-state index in [9.17, 15) is 0 Å². The molecule has 0 fully saturated rings. The molecule has 6 heteroatoms. The molecule has 0 aliphatic rings. The molecule has 0 aliphatic heterocycles. The van der Waals surface area contributed by atoms with Crippen molar-refractivity contribution in [3.63, 3.8) is 0 Å². The number of nitrogens with zero attached hydrogens (tertiary/aromatic N) is 2. The van der Waals surface area contributed by atoms with Gasteiger partial charge in [-0.15, -0.1) is 0 Å². The summed E-state index contributed by atoms with van der Waals surface area (Å²) in [6.07, 6.45) is 1.64. The monoisotopic (exact) mass is 301 g/mol. The lowest BCUT2D eigenvalue weighted by Gasteiger charge is -2.11. The third-order valence-electron chi connectivity index (χ3n) is 2.44. The Hall–Kier alpha value is -1.03. The molecule has 0 spiro atoms. The molecule has 0 amide bonds. The molecule has 1 N–H and O–H groups in total. The van der Waals surface area contributed by atoms with Gasteiger partial charge in [-0.3, -0.25) is 0 Å². The number of nitrogens with one attached hydrogen (secondary N) is 1. The zero-order valence-electron chi connectivity index (χ0n) is 9.76. The van der Waals surface area contributed by atoms with E-state index in [1.165, 1.54) is 0 Å². The highest BCUT2D eigenvalue weighted by atomic mass is 35.5. The summed E-state index contributed by atoms with van der Waals surface area (Å²) in [5.41, 5.74) is 2.47. The first-order valence-electron chi connectivity index (χ1n) is 5.19. The Bertz CT molecular complexity index is 599. The van der Waals surface area contributed by atoms with Gasteiger partial charge in [-0.2, -0.15) is 0 Å². The minimum absolute atomic E-state index is 0.178. The third-order valence-corrected chi connectivity index (χ3v) is 3.35. The number of hydrogen-bond donors (Lipinski definition) is 1. The number of anilines is 2. The van der Waals surface area contributed by atoms with Crippen LogP contribution in [0.3, 0.4) is 0 Å². The number of hydrogen-bond acceptors (Lipinski definition) is 3. The van der Waals surface area contributed by atoms with E-state index in [2.05, 4.69) is 15.3 Å². The highest BCUT2D eigenvalue weighted by Crippen LogP contribution is 2.31. The first-order chi connectivity index (χ1) is 8.47.